The molecule has 0 aliphatic carbocycles. The van der Waals surface area contributed by atoms with Gasteiger partial charge in [0.05, 0.1) is 17.7 Å². The van der Waals surface area contributed by atoms with Crippen molar-refractivity contribution in [1.29, 1.82) is 0 Å². The summed E-state index contributed by atoms with van der Waals surface area (Å²) in [6.07, 6.45) is 1.83. The third-order valence-corrected chi connectivity index (χ3v) is 7.74. The molecule has 186 valence electrons. The first-order valence-corrected chi connectivity index (χ1v) is 12.7. The first-order chi connectivity index (χ1) is 18.0. The second-order valence-electron chi connectivity index (χ2n) is 9.16. The van der Waals surface area contributed by atoms with Crippen LogP contribution in [0.1, 0.15) is 29.7 Å². The predicted molar refractivity (Wildman–Crippen MR) is 139 cm³/mol. The number of carbonyl (C=O) groups excluding carboxylic acids is 1. The number of hydrogen-bond donors (Lipinski definition) is 0. The van der Waals surface area contributed by atoms with Gasteiger partial charge in [-0.3, -0.25) is 14.2 Å². The topological polar surface area (TPSA) is 79.1 Å². The number of aromatic nitrogens is 1. The van der Waals surface area contributed by atoms with Gasteiger partial charge >= 0.3 is 5.97 Å². The Morgan fingerprint density at radius 3 is 2.57 bits per heavy atom. The molecule has 0 saturated heterocycles. The van der Waals surface area contributed by atoms with E-state index in [0.29, 0.717) is 21.7 Å². The van der Waals surface area contributed by atoms with Gasteiger partial charge in [0.2, 0.25) is 5.72 Å². The van der Waals surface area contributed by atoms with Crippen LogP contribution in [-0.2, 0) is 16.1 Å². The molecule has 3 atom stereocenters. The van der Waals surface area contributed by atoms with Crippen LogP contribution in [-0.4, -0.2) is 23.4 Å². The van der Waals surface area contributed by atoms with Crippen molar-refractivity contribution in [2.24, 2.45) is 10.9 Å². The molecule has 0 spiro atoms. The zero-order chi connectivity index (χ0) is 25.6. The van der Waals surface area contributed by atoms with E-state index >= 15 is 0 Å². The van der Waals surface area contributed by atoms with Crippen molar-refractivity contribution in [2.45, 2.75) is 25.3 Å². The normalized spacial score (nSPS) is 21.7. The molecule has 8 heteroatoms. The molecule has 2 aliphatic rings. The Morgan fingerprint density at radius 2 is 1.81 bits per heavy atom. The third kappa shape index (κ3) is 4.03. The third-order valence-electron chi connectivity index (χ3n) is 6.76. The van der Waals surface area contributed by atoms with Crippen molar-refractivity contribution >= 4 is 23.4 Å². The average molecular weight is 513 g/mol. The number of rotatable bonds is 5. The number of nitrogens with zero attached hydrogens (tertiary/aromatic N) is 2. The summed E-state index contributed by atoms with van der Waals surface area (Å²) in [5.41, 5.74) is 1.33. The summed E-state index contributed by atoms with van der Waals surface area (Å²) in [6, 6.07) is 24.4. The van der Waals surface area contributed by atoms with Crippen LogP contribution in [0.5, 0.6) is 11.5 Å². The highest BCUT2D eigenvalue weighted by Crippen LogP contribution is 2.47. The van der Waals surface area contributed by atoms with E-state index in [1.165, 1.54) is 18.4 Å². The molecule has 0 unspecified atom stereocenters. The van der Waals surface area contributed by atoms with Gasteiger partial charge in [0.1, 0.15) is 24.0 Å². The van der Waals surface area contributed by atoms with Gasteiger partial charge in [0.25, 0.3) is 5.56 Å². The van der Waals surface area contributed by atoms with Gasteiger partial charge in [-0.2, -0.15) is 0 Å². The van der Waals surface area contributed by atoms with Crippen LogP contribution in [0.15, 0.2) is 88.6 Å². The zero-order valence-electron chi connectivity index (χ0n) is 20.3. The highest BCUT2D eigenvalue weighted by atomic mass is 32.1. The quantitative estimate of drug-likeness (QED) is 0.383. The largest absolute Gasteiger partial charge is 0.489 e. The maximum absolute atomic E-state index is 13.7. The van der Waals surface area contributed by atoms with Crippen LogP contribution >= 0.6 is 11.3 Å². The molecule has 3 aromatic carbocycles. The van der Waals surface area contributed by atoms with Crippen LogP contribution in [0.4, 0.5) is 0 Å². The molecule has 6 rings (SSSR count). The minimum atomic E-state index is -1.18. The van der Waals surface area contributed by atoms with Gasteiger partial charge in [-0.05, 0) is 42.3 Å². The fraction of sp³-hybridized carbons (Fsp3) is 0.207. The zero-order valence-corrected chi connectivity index (χ0v) is 21.1. The monoisotopic (exact) mass is 512 g/mol. The number of thiazole rings is 1. The molecule has 0 radical (unpaired) electrons. The highest BCUT2D eigenvalue weighted by Gasteiger charge is 2.55. The minimum absolute atomic E-state index is 0.203. The molecule has 0 amide bonds. The Bertz CT molecular complexity index is 1660. The van der Waals surface area contributed by atoms with Crippen molar-refractivity contribution in [3.8, 4) is 11.5 Å². The summed E-state index contributed by atoms with van der Waals surface area (Å²) < 4.78 is 19.3. The molecule has 0 N–H and O–H groups in total. The van der Waals surface area contributed by atoms with Gasteiger partial charge < -0.3 is 14.2 Å². The molecule has 1 aromatic heterocycles. The molecule has 2 bridgehead atoms. The first-order valence-electron chi connectivity index (χ1n) is 11.9. The first kappa shape index (κ1) is 23.2. The lowest BCUT2D eigenvalue weighted by Crippen LogP contribution is -2.58. The van der Waals surface area contributed by atoms with E-state index in [9.17, 15) is 9.59 Å². The molecular weight excluding hydrogens is 488 g/mol. The van der Waals surface area contributed by atoms with Crippen LogP contribution in [0.25, 0.3) is 6.08 Å². The smallest absolute Gasteiger partial charge is 0.317 e. The van der Waals surface area contributed by atoms with E-state index in [-0.39, 0.29) is 5.56 Å². The Labute approximate surface area is 216 Å². The van der Waals surface area contributed by atoms with Crippen molar-refractivity contribution in [2.75, 3.05) is 7.11 Å². The summed E-state index contributed by atoms with van der Waals surface area (Å²) in [6.45, 7) is 2.25. The number of benzene rings is 3. The summed E-state index contributed by atoms with van der Waals surface area (Å²) in [7, 11) is 1.34. The van der Waals surface area contributed by atoms with Gasteiger partial charge in [-0.15, -0.1) is 0 Å². The second kappa shape index (κ2) is 9.05. The van der Waals surface area contributed by atoms with Gasteiger partial charge in [0, 0.05) is 5.56 Å². The van der Waals surface area contributed by atoms with Gasteiger partial charge in [-0.1, -0.05) is 72.0 Å². The number of esters is 1. The summed E-state index contributed by atoms with van der Waals surface area (Å²) in [5, 5.41) is 0. The predicted octanol–water partition coefficient (Wildman–Crippen LogP) is 3.44. The highest BCUT2D eigenvalue weighted by molar-refractivity contribution is 7.07. The molecule has 0 saturated carbocycles. The fourth-order valence-electron chi connectivity index (χ4n) is 4.98. The lowest BCUT2D eigenvalue weighted by Gasteiger charge is -2.44. The summed E-state index contributed by atoms with van der Waals surface area (Å²) in [4.78, 5) is 31.8. The number of methoxy groups -OCH3 is 1. The number of carbonyl (C=O) groups is 1. The minimum Gasteiger partial charge on any atom is -0.489 e. The van der Waals surface area contributed by atoms with E-state index in [1.807, 2.05) is 84.9 Å². The van der Waals surface area contributed by atoms with E-state index in [4.69, 9.17) is 19.2 Å². The van der Waals surface area contributed by atoms with Crippen LogP contribution < -0.4 is 24.4 Å². The number of hydrogen-bond acceptors (Lipinski definition) is 7. The van der Waals surface area contributed by atoms with E-state index in [1.54, 1.807) is 11.5 Å². The Morgan fingerprint density at radius 1 is 1.08 bits per heavy atom. The SMILES string of the molecule is COC(=O)[C@@H]1[C@H]2c3ccccc3O[C@@]1(C)N=c1s/c(=C/c3ccc(OCc4ccccc4)cc3)c(=O)n12. The van der Waals surface area contributed by atoms with Crippen LogP contribution in [0, 0.1) is 5.92 Å². The average Bonchev–Trinajstić information content (AvgIpc) is 3.21. The van der Waals surface area contributed by atoms with Crippen molar-refractivity contribution in [3.05, 3.63) is 115 Å². The maximum Gasteiger partial charge on any atom is 0.317 e. The Kier molecular flexibility index (Phi) is 5.68. The maximum atomic E-state index is 13.7. The van der Waals surface area contributed by atoms with Crippen LogP contribution in [0.2, 0.25) is 0 Å². The molecule has 0 fully saturated rings. The molecule has 3 heterocycles. The second-order valence-corrected chi connectivity index (χ2v) is 10.2. The number of ether oxygens (including phenoxy) is 3. The molecule has 2 aliphatic heterocycles. The van der Waals surface area contributed by atoms with Gasteiger partial charge in [-0.25, -0.2) is 4.99 Å². The fourth-order valence-corrected chi connectivity index (χ4v) is 6.08. The number of fused-ring (bicyclic) bond motifs is 6. The summed E-state index contributed by atoms with van der Waals surface area (Å²) in [5.74, 6) is 0.0982. The van der Waals surface area contributed by atoms with Crippen molar-refractivity contribution < 1.29 is 19.0 Å². The summed E-state index contributed by atoms with van der Waals surface area (Å²) >= 11 is 1.28. The lowest BCUT2D eigenvalue weighted by atomic mass is 9.81. The molecule has 4 aromatic rings. The van der Waals surface area contributed by atoms with E-state index < -0.39 is 23.7 Å². The standard InChI is InChI=1S/C29H24N2O5S/c1-29-24(27(33)34-2)25(21-10-6-7-11-22(21)36-29)31-26(32)23(37-28(31)30-29)16-18-12-14-20(15-13-18)35-17-19-8-4-3-5-9-19/h3-16,24-25H,17H2,1-2H3/b23-16+/t24-,25+,29+/m0/s1. The van der Waals surface area contributed by atoms with E-state index in [2.05, 4.69) is 0 Å². The van der Waals surface area contributed by atoms with E-state index in [0.717, 1.165) is 22.4 Å². The van der Waals surface area contributed by atoms with Crippen molar-refractivity contribution in [1.82, 2.24) is 4.57 Å². The van der Waals surface area contributed by atoms with Gasteiger partial charge in [0.15, 0.2) is 4.80 Å². The number of para-hydroxylation sites is 1. The molecule has 7 nitrogen and oxygen atoms in total. The van der Waals surface area contributed by atoms with Crippen LogP contribution in [0.3, 0.4) is 0 Å². The van der Waals surface area contributed by atoms with Crippen molar-refractivity contribution in [3.63, 3.8) is 0 Å². The Balaban J connectivity index is 1.38. The lowest BCUT2D eigenvalue weighted by molar-refractivity contribution is -0.158. The molecular formula is C29H24N2O5S. The Hall–Kier alpha value is -4.17. The molecule has 37 heavy (non-hydrogen) atoms.